The van der Waals surface area contributed by atoms with Gasteiger partial charge < -0.3 is 10.5 Å². The van der Waals surface area contributed by atoms with Crippen LogP contribution in [0.15, 0.2) is 29.2 Å². The number of nitrogens with one attached hydrogen (secondary N) is 1. The lowest BCUT2D eigenvalue weighted by atomic mass is 9.96. The summed E-state index contributed by atoms with van der Waals surface area (Å²) < 4.78 is 32.6. The summed E-state index contributed by atoms with van der Waals surface area (Å²) in [6.07, 6.45) is 3.60. The molecule has 0 aliphatic carbocycles. The minimum Gasteiger partial charge on any atom is -0.497 e. The van der Waals surface area contributed by atoms with Gasteiger partial charge in [0.2, 0.25) is 15.9 Å². The molecule has 9 heteroatoms. The average molecular weight is 391 g/mol. The molecule has 2 rings (SSSR count). The second kappa shape index (κ2) is 7.99. The van der Waals surface area contributed by atoms with Gasteiger partial charge in [0, 0.05) is 11.2 Å². The predicted molar refractivity (Wildman–Crippen MR) is 98.9 cm³/mol. The maximum absolute atomic E-state index is 12.6. The third kappa shape index (κ3) is 4.81. The van der Waals surface area contributed by atoms with Crippen molar-refractivity contribution >= 4 is 39.5 Å². The number of nitrogens with two attached hydrogens (primary N) is 1. The van der Waals surface area contributed by atoms with E-state index in [9.17, 15) is 13.2 Å². The van der Waals surface area contributed by atoms with Crippen LogP contribution in [0.4, 0.5) is 0 Å². The van der Waals surface area contributed by atoms with Gasteiger partial charge in [0.15, 0.2) is 0 Å². The highest BCUT2D eigenvalue weighted by molar-refractivity contribution is 8.02. The summed E-state index contributed by atoms with van der Waals surface area (Å²) >= 11 is 3.14. The first kappa shape index (κ1) is 19.4. The highest BCUT2D eigenvalue weighted by Gasteiger charge is 2.39. The van der Waals surface area contributed by atoms with Crippen LogP contribution < -0.4 is 15.2 Å². The Morgan fingerprint density at radius 1 is 1.46 bits per heavy atom. The van der Waals surface area contributed by atoms with Gasteiger partial charge in [-0.25, -0.2) is 8.42 Å². The van der Waals surface area contributed by atoms with Gasteiger partial charge in [0.25, 0.3) is 0 Å². The number of rotatable bonds is 7. The normalized spacial score (nSPS) is 24.5. The Hall–Kier alpha value is -0.900. The molecule has 3 N–H and O–H groups in total. The second-order valence-electron chi connectivity index (χ2n) is 5.64. The fourth-order valence-corrected chi connectivity index (χ4v) is 6.80. The zero-order valence-electron chi connectivity index (χ0n) is 13.7. The van der Waals surface area contributed by atoms with E-state index in [-0.39, 0.29) is 27.3 Å². The third-order valence-corrected chi connectivity index (χ3v) is 8.16. The Balaban J connectivity index is 2.12. The van der Waals surface area contributed by atoms with E-state index in [1.54, 1.807) is 35.7 Å². The third-order valence-electron chi connectivity index (χ3n) is 4.02. The van der Waals surface area contributed by atoms with Crippen LogP contribution in [0.5, 0.6) is 5.75 Å². The summed E-state index contributed by atoms with van der Waals surface area (Å²) in [5.74, 6) is 1.03. The van der Waals surface area contributed by atoms with E-state index in [1.807, 2.05) is 6.26 Å². The molecular weight excluding hydrogens is 368 g/mol. The number of hydrogen-bond acceptors (Lipinski definition) is 6. The van der Waals surface area contributed by atoms with Gasteiger partial charge in [0.1, 0.15) is 5.75 Å². The number of carbonyl (C=O) groups excluding carboxylic acids is 1. The zero-order chi connectivity index (χ0) is 17.8. The monoisotopic (exact) mass is 390 g/mol. The minimum absolute atomic E-state index is 0.194. The summed E-state index contributed by atoms with van der Waals surface area (Å²) in [6.45, 7) is 0. The van der Waals surface area contributed by atoms with Crippen LogP contribution in [-0.2, 0) is 14.8 Å². The minimum atomic E-state index is -3.62. The van der Waals surface area contributed by atoms with E-state index in [2.05, 4.69) is 4.72 Å². The molecule has 1 heterocycles. The molecule has 0 spiro atoms. The van der Waals surface area contributed by atoms with Crippen molar-refractivity contribution in [3.63, 3.8) is 0 Å². The van der Waals surface area contributed by atoms with E-state index in [4.69, 9.17) is 10.5 Å². The molecule has 0 radical (unpaired) electrons. The summed E-state index contributed by atoms with van der Waals surface area (Å²) in [5.41, 5.74) is 5.37. The molecule has 1 aliphatic heterocycles. The van der Waals surface area contributed by atoms with Crippen molar-refractivity contribution in [2.45, 2.75) is 34.3 Å². The molecule has 0 aromatic heterocycles. The molecule has 2 unspecified atom stereocenters. The molecule has 1 aromatic carbocycles. The number of primary amides is 1. The maximum atomic E-state index is 12.6. The van der Waals surface area contributed by atoms with Crippen LogP contribution in [0.3, 0.4) is 0 Å². The standard InChI is InChI=1S/C15H22N2O4S3/c1-21-11-3-5-12(6-4-11)24(19,20)17-14-10-15(22-2,7-8-23-14)9-13(16)18/h3-6,14,17H,7-10H2,1-2H3,(H2,16,18). The number of methoxy groups -OCH3 is 1. The molecular formula is C15H22N2O4S3. The first-order chi connectivity index (χ1) is 11.3. The van der Waals surface area contributed by atoms with Crippen LogP contribution in [0.2, 0.25) is 0 Å². The number of hydrogen-bond donors (Lipinski definition) is 2. The van der Waals surface area contributed by atoms with E-state index >= 15 is 0 Å². The highest BCUT2D eigenvalue weighted by Crippen LogP contribution is 2.43. The average Bonchev–Trinajstić information content (AvgIpc) is 2.54. The largest absolute Gasteiger partial charge is 0.497 e. The van der Waals surface area contributed by atoms with Crippen molar-refractivity contribution in [1.29, 1.82) is 0 Å². The molecule has 1 aromatic rings. The Morgan fingerprint density at radius 2 is 2.12 bits per heavy atom. The van der Waals surface area contributed by atoms with Crippen LogP contribution in [0, 0.1) is 0 Å². The van der Waals surface area contributed by atoms with E-state index < -0.39 is 10.0 Å². The molecule has 24 heavy (non-hydrogen) atoms. The zero-order valence-corrected chi connectivity index (χ0v) is 16.1. The van der Waals surface area contributed by atoms with E-state index in [0.29, 0.717) is 12.2 Å². The van der Waals surface area contributed by atoms with Crippen LogP contribution in [-0.4, -0.2) is 43.6 Å². The quantitative estimate of drug-likeness (QED) is 0.737. The van der Waals surface area contributed by atoms with Crippen molar-refractivity contribution in [1.82, 2.24) is 4.72 Å². The maximum Gasteiger partial charge on any atom is 0.241 e. The van der Waals surface area contributed by atoms with Gasteiger partial charge in [-0.3, -0.25) is 4.79 Å². The lowest BCUT2D eigenvalue weighted by Crippen LogP contribution is -2.44. The molecule has 134 valence electrons. The SMILES string of the molecule is COc1ccc(S(=O)(=O)NC2CC(CC(N)=O)(SC)CCS2)cc1. The van der Waals surface area contributed by atoms with Crippen LogP contribution >= 0.6 is 23.5 Å². The number of benzene rings is 1. The van der Waals surface area contributed by atoms with E-state index in [0.717, 1.165) is 12.2 Å². The molecule has 1 aliphatic rings. The van der Waals surface area contributed by atoms with Gasteiger partial charge in [-0.05, 0) is 49.1 Å². The van der Waals surface area contributed by atoms with Crippen molar-refractivity contribution in [3.8, 4) is 5.75 Å². The first-order valence-electron chi connectivity index (χ1n) is 7.42. The summed E-state index contributed by atoms with van der Waals surface area (Å²) in [7, 11) is -2.09. The molecule has 1 saturated heterocycles. The van der Waals surface area contributed by atoms with Crippen molar-refractivity contribution in [3.05, 3.63) is 24.3 Å². The Morgan fingerprint density at radius 3 is 2.67 bits per heavy atom. The summed E-state index contributed by atoms with van der Waals surface area (Å²) in [5, 5.41) is -0.280. The van der Waals surface area contributed by atoms with Crippen molar-refractivity contribution < 1.29 is 17.9 Å². The van der Waals surface area contributed by atoms with Crippen molar-refractivity contribution in [2.75, 3.05) is 19.1 Å². The first-order valence-corrected chi connectivity index (χ1v) is 11.2. The van der Waals surface area contributed by atoms with Crippen molar-refractivity contribution in [2.24, 2.45) is 5.73 Å². The lowest BCUT2D eigenvalue weighted by molar-refractivity contribution is -0.118. The Bertz CT molecular complexity index is 678. The van der Waals surface area contributed by atoms with Gasteiger partial charge >= 0.3 is 0 Å². The lowest BCUT2D eigenvalue weighted by Gasteiger charge is -2.38. The highest BCUT2D eigenvalue weighted by atomic mass is 32.2. The molecule has 6 nitrogen and oxygen atoms in total. The summed E-state index contributed by atoms with van der Waals surface area (Å²) in [4.78, 5) is 11.6. The molecule has 2 atom stereocenters. The predicted octanol–water partition coefficient (Wildman–Crippen LogP) is 1.80. The number of carbonyl (C=O) groups is 1. The van der Waals surface area contributed by atoms with Crippen LogP contribution in [0.1, 0.15) is 19.3 Å². The van der Waals surface area contributed by atoms with Gasteiger partial charge in [-0.2, -0.15) is 16.5 Å². The Kier molecular flexibility index (Phi) is 6.46. The molecule has 1 amide bonds. The van der Waals surface area contributed by atoms with Gasteiger partial charge in [-0.1, -0.05) is 0 Å². The van der Waals surface area contributed by atoms with E-state index in [1.165, 1.54) is 19.2 Å². The topological polar surface area (TPSA) is 98.5 Å². The number of thioether (sulfide) groups is 2. The van der Waals surface area contributed by atoms with Gasteiger partial charge in [0.05, 0.1) is 17.4 Å². The fraction of sp³-hybridized carbons (Fsp3) is 0.533. The van der Waals surface area contributed by atoms with Crippen LogP contribution in [0.25, 0.3) is 0 Å². The number of ether oxygens (including phenoxy) is 1. The smallest absolute Gasteiger partial charge is 0.241 e. The number of amides is 1. The second-order valence-corrected chi connectivity index (χ2v) is 9.94. The Labute approximate surface area is 151 Å². The molecule has 0 saturated carbocycles. The van der Waals surface area contributed by atoms with Gasteiger partial charge in [-0.15, -0.1) is 11.8 Å². The fourth-order valence-electron chi connectivity index (χ4n) is 2.69. The number of sulfonamides is 1. The summed E-state index contributed by atoms with van der Waals surface area (Å²) in [6, 6.07) is 6.25. The molecule has 0 bridgehead atoms. The molecule has 1 fully saturated rings.